The van der Waals surface area contributed by atoms with Crippen LogP contribution in [0.2, 0.25) is 0 Å². The maximum absolute atomic E-state index is 12.7. The molecule has 1 aromatic heterocycles. The standard InChI is InChI=1S/C23H25N3O3S/c1-15-4-3-5-16(10-15)6-7-26(23(30)24-2)14-18-11-17-12-20-21(29-9-8-28-20)13-19(17)25-22(18)27/h3-5,10-13H,6-9,14H2,1-2H3,(H,24,30)(H,25,27). The van der Waals surface area contributed by atoms with E-state index < -0.39 is 0 Å². The number of hydrogen-bond donors (Lipinski definition) is 2. The molecule has 0 aliphatic carbocycles. The van der Waals surface area contributed by atoms with E-state index in [4.69, 9.17) is 21.7 Å². The minimum Gasteiger partial charge on any atom is -0.486 e. The number of nitrogens with zero attached hydrogens (tertiary/aromatic N) is 1. The van der Waals surface area contributed by atoms with Gasteiger partial charge in [0, 0.05) is 30.6 Å². The van der Waals surface area contributed by atoms with Crippen LogP contribution in [0.25, 0.3) is 10.9 Å². The first-order chi connectivity index (χ1) is 14.5. The zero-order chi connectivity index (χ0) is 21.1. The van der Waals surface area contributed by atoms with Gasteiger partial charge in [-0.05, 0) is 43.3 Å². The summed E-state index contributed by atoms with van der Waals surface area (Å²) in [6.07, 6.45) is 0.841. The lowest BCUT2D eigenvalue weighted by molar-refractivity contribution is 0.172. The van der Waals surface area contributed by atoms with E-state index in [-0.39, 0.29) is 5.56 Å². The van der Waals surface area contributed by atoms with Crippen molar-refractivity contribution in [1.82, 2.24) is 15.2 Å². The topological polar surface area (TPSA) is 66.6 Å². The van der Waals surface area contributed by atoms with Crippen molar-refractivity contribution in [2.45, 2.75) is 19.9 Å². The summed E-state index contributed by atoms with van der Waals surface area (Å²) in [7, 11) is 1.80. The molecular weight excluding hydrogens is 398 g/mol. The Bertz CT molecular complexity index is 1140. The summed E-state index contributed by atoms with van der Waals surface area (Å²) in [5, 5.41) is 4.56. The summed E-state index contributed by atoms with van der Waals surface area (Å²) in [5.74, 6) is 1.36. The van der Waals surface area contributed by atoms with E-state index in [2.05, 4.69) is 41.5 Å². The molecule has 0 saturated carbocycles. The van der Waals surface area contributed by atoms with Crippen molar-refractivity contribution in [2.75, 3.05) is 26.8 Å². The van der Waals surface area contributed by atoms with E-state index in [1.54, 1.807) is 7.05 Å². The SMILES string of the molecule is CNC(=S)N(CCc1cccc(C)c1)Cc1cc2cc3c(cc2[nH]c1=O)OCCO3. The molecule has 0 atom stereocenters. The third kappa shape index (κ3) is 4.41. The number of thiocarbonyl (C=S) groups is 1. The van der Waals surface area contributed by atoms with Crippen LogP contribution >= 0.6 is 12.2 Å². The van der Waals surface area contributed by atoms with Gasteiger partial charge in [0.2, 0.25) is 0 Å². The van der Waals surface area contributed by atoms with Gasteiger partial charge in [0.05, 0.1) is 12.1 Å². The number of H-pyrrole nitrogens is 1. The molecule has 0 radical (unpaired) electrons. The van der Waals surface area contributed by atoms with Crippen molar-refractivity contribution in [2.24, 2.45) is 0 Å². The van der Waals surface area contributed by atoms with Crippen molar-refractivity contribution in [3.63, 3.8) is 0 Å². The van der Waals surface area contributed by atoms with Gasteiger partial charge in [-0.3, -0.25) is 4.79 Å². The first-order valence-electron chi connectivity index (χ1n) is 10.0. The lowest BCUT2D eigenvalue weighted by Gasteiger charge is -2.25. The third-order valence-electron chi connectivity index (χ3n) is 5.20. The minimum atomic E-state index is -0.126. The van der Waals surface area contributed by atoms with Gasteiger partial charge in [-0.2, -0.15) is 0 Å². The van der Waals surface area contributed by atoms with Crippen molar-refractivity contribution in [3.8, 4) is 11.5 Å². The molecule has 30 heavy (non-hydrogen) atoms. The van der Waals surface area contributed by atoms with E-state index in [1.807, 2.05) is 23.1 Å². The molecular formula is C23H25N3O3S. The maximum Gasteiger partial charge on any atom is 0.253 e. The van der Waals surface area contributed by atoms with Crippen LogP contribution in [-0.4, -0.2) is 41.8 Å². The molecule has 0 amide bonds. The van der Waals surface area contributed by atoms with E-state index in [0.717, 1.165) is 17.3 Å². The quantitative estimate of drug-likeness (QED) is 0.615. The second kappa shape index (κ2) is 8.75. The number of pyridine rings is 1. The van der Waals surface area contributed by atoms with Gasteiger partial charge >= 0.3 is 0 Å². The van der Waals surface area contributed by atoms with Gasteiger partial charge in [0.1, 0.15) is 13.2 Å². The average molecular weight is 424 g/mol. The number of rotatable bonds is 5. The summed E-state index contributed by atoms with van der Waals surface area (Å²) < 4.78 is 11.3. The van der Waals surface area contributed by atoms with Crippen molar-refractivity contribution in [1.29, 1.82) is 0 Å². The van der Waals surface area contributed by atoms with E-state index >= 15 is 0 Å². The van der Waals surface area contributed by atoms with Crippen LogP contribution < -0.4 is 20.3 Å². The van der Waals surface area contributed by atoms with Gasteiger partial charge in [-0.15, -0.1) is 0 Å². The molecule has 2 aromatic carbocycles. The average Bonchev–Trinajstić information content (AvgIpc) is 2.75. The number of aromatic nitrogens is 1. The predicted molar refractivity (Wildman–Crippen MR) is 123 cm³/mol. The third-order valence-corrected chi connectivity index (χ3v) is 5.66. The number of nitrogens with one attached hydrogen (secondary N) is 2. The number of aryl methyl sites for hydroxylation is 1. The molecule has 2 N–H and O–H groups in total. The number of aromatic amines is 1. The van der Waals surface area contributed by atoms with Crippen LogP contribution in [0.5, 0.6) is 11.5 Å². The molecule has 0 unspecified atom stereocenters. The van der Waals surface area contributed by atoms with E-state index in [1.165, 1.54) is 11.1 Å². The lowest BCUT2D eigenvalue weighted by Crippen LogP contribution is -2.39. The Hall–Kier alpha value is -3.06. The Kier molecular flexibility index (Phi) is 5.90. The summed E-state index contributed by atoms with van der Waals surface area (Å²) in [6, 6.07) is 14.1. The van der Waals surface area contributed by atoms with Crippen LogP contribution in [0, 0.1) is 6.92 Å². The fourth-order valence-corrected chi connectivity index (χ4v) is 3.81. The first-order valence-corrected chi connectivity index (χ1v) is 10.4. The molecule has 0 fully saturated rings. The summed E-state index contributed by atoms with van der Waals surface area (Å²) >= 11 is 5.50. The predicted octanol–water partition coefficient (Wildman–Crippen LogP) is 3.16. The van der Waals surface area contributed by atoms with Crippen molar-refractivity contribution in [3.05, 3.63) is 69.5 Å². The smallest absolute Gasteiger partial charge is 0.253 e. The highest BCUT2D eigenvalue weighted by Gasteiger charge is 2.16. The molecule has 6 nitrogen and oxygen atoms in total. The van der Waals surface area contributed by atoms with Gasteiger partial charge in [-0.25, -0.2) is 0 Å². The van der Waals surface area contributed by atoms with Crippen molar-refractivity contribution >= 4 is 28.2 Å². The molecule has 4 rings (SSSR count). The number of ether oxygens (including phenoxy) is 2. The van der Waals surface area contributed by atoms with Gasteiger partial charge < -0.3 is 24.7 Å². The number of fused-ring (bicyclic) bond motifs is 2. The summed E-state index contributed by atoms with van der Waals surface area (Å²) in [6.45, 7) is 4.25. The molecule has 0 saturated heterocycles. The highest BCUT2D eigenvalue weighted by atomic mass is 32.1. The molecule has 0 spiro atoms. The first kappa shape index (κ1) is 20.2. The molecule has 0 bridgehead atoms. The highest BCUT2D eigenvalue weighted by molar-refractivity contribution is 7.80. The van der Waals surface area contributed by atoms with Crippen molar-refractivity contribution < 1.29 is 9.47 Å². The van der Waals surface area contributed by atoms with E-state index in [9.17, 15) is 4.79 Å². The molecule has 1 aliphatic heterocycles. The second-order valence-corrected chi connectivity index (χ2v) is 7.81. The van der Waals surface area contributed by atoms with Crippen LogP contribution in [0.1, 0.15) is 16.7 Å². The molecule has 156 valence electrons. The van der Waals surface area contributed by atoms with E-state index in [0.29, 0.717) is 48.5 Å². The van der Waals surface area contributed by atoms with Crippen LogP contribution in [0.15, 0.2) is 47.3 Å². The van der Waals surface area contributed by atoms with Gasteiger partial charge in [0.15, 0.2) is 16.6 Å². The molecule has 1 aliphatic rings. The van der Waals surface area contributed by atoms with Gasteiger partial charge in [-0.1, -0.05) is 29.8 Å². The fourth-order valence-electron chi connectivity index (χ4n) is 3.65. The van der Waals surface area contributed by atoms with Crippen LogP contribution in [0.4, 0.5) is 0 Å². The Labute approximate surface area is 180 Å². The zero-order valence-corrected chi connectivity index (χ0v) is 18.0. The highest BCUT2D eigenvalue weighted by Crippen LogP contribution is 2.33. The monoisotopic (exact) mass is 423 g/mol. The Balaban J connectivity index is 1.59. The van der Waals surface area contributed by atoms with Gasteiger partial charge in [0.25, 0.3) is 5.56 Å². The Morgan fingerprint density at radius 2 is 1.93 bits per heavy atom. The largest absolute Gasteiger partial charge is 0.486 e. The fraction of sp³-hybridized carbons (Fsp3) is 0.304. The molecule has 2 heterocycles. The lowest BCUT2D eigenvalue weighted by atomic mass is 10.1. The zero-order valence-electron chi connectivity index (χ0n) is 17.2. The minimum absolute atomic E-state index is 0.126. The Morgan fingerprint density at radius 1 is 1.17 bits per heavy atom. The van der Waals surface area contributed by atoms with Crippen LogP contribution in [-0.2, 0) is 13.0 Å². The summed E-state index contributed by atoms with van der Waals surface area (Å²) in [5.41, 5.74) is 3.74. The summed E-state index contributed by atoms with van der Waals surface area (Å²) in [4.78, 5) is 17.7. The number of benzene rings is 2. The van der Waals surface area contributed by atoms with Crippen LogP contribution in [0.3, 0.4) is 0 Å². The second-order valence-electron chi connectivity index (χ2n) is 7.42. The molecule has 7 heteroatoms. The number of hydrogen-bond acceptors (Lipinski definition) is 4. The maximum atomic E-state index is 12.7. The molecule has 3 aromatic rings. The normalized spacial score (nSPS) is 12.6. The Morgan fingerprint density at radius 3 is 2.67 bits per heavy atom.